The fourth-order valence-electron chi connectivity index (χ4n) is 1.06. The third kappa shape index (κ3) is 5.98. The van der Waals surface area contributed by atoms with E-state index in [9.17, 15) is 0 Å². The minimum absolute atomic E-state index is 0.102. The predicted molar refractivity (Wildman–Crippen MR) is 63.2 cm³/mol. The highest BCUT2D eigenvalue weighted by atomic mass is 16.2. The number of aliphatic hydroxyl groups excluding tert-OH is 1. The summed E-state index contributed by atoms with van der Waals surface area (Å²) in [4.78, 5) is 0. The Hall–Kier alpha value is -0.560. The molecule has 1 N–H and O–H groups in total. The Kier molecular flexibility index (Phi) is 4.60. The molecule has 0 saturated heterocycles. The third-order valence-electron chi connectivity index (χ3n) is 1.94. The summed E-state index contributed by atoms with van der Waals surface area (Å²) in [6.45, 7) is 13.1. The van der Waals surface area contributed by atoms with Gasteiger partial charge in [0.25, 0.3) is 0 Å². The summed E-state index contributed by atoms with van der Waals surface area (Å²) < 4.78 is 0. The molecule has 1 nitrogen and oxygen atoms in total. The van der Waals surface area contributed by atoms with Gasteiger partial charge in [-0.15, -0.1) is 0 Å². The molecule has 0 aliphatic carbocycles. The fraction of sp³-hybridized carbons (Fsp3) is 0.692. The van der Waals surface area contributed by atoms with Crippen LogP contribution in [-0.4, -0.2) is 11.7 Å². The van der Waals surface area contributed by atoms with Gasteiger partial charge in [0, 0.05) is 0 Å². The Morgan fingerprint density at radius 3 is 1.86 bits per heavy atom. The van der Waals surface area contributed by atoms with E-state index < -0.39 is 0 Å². The molecule has 14 heavy (non-hydrogen) atoms. The Balaban J connectivity index is 4.74. The zero-order valence-corrected chi connectivity index (χ0v) is 10.4. The van der Waals surface area contributed by atoms with Crippen molar-refractivity contribution in [1.82, 2.24) is 0 Å². The van der Waals surface area contributed by atoms with Crippen LogP contribution < -0.4 is 0 Å². The molecule has 82 valence electrons. The van der Waals surface area contributed by atoms with Crippen LogP contribution in [0.15, 0.2) is 23.8 Å². The fourth-order valence-corrected chi connectivity index (χ4v) is 1.06. The quantitative estimate of drug-likeness (QED) is 0.670. The zero-order chi connectivity index (χ0) is 11.4. The minimum Gasteiger partial charge on any atom is -0.392 e. The molecule has 0 amide bonds. The van der Waals surface area contributed by atoms with Gasteiger partial charge in [-0.3, -0.25) is 0 Å². The van der Waals surface area contributed by atoms with Crippen molar-refractivity contribution in [2.24, 2.45) is 10.8 Å². The van der Waals surface area contributed by atoms with Gasteiger partial charge in [0.1, 0.15) is 0 Å². The molecule has 0 aliphatic heterocycles. The van der Waals surface area contributed by atoms with Crippen LogP contribution in [0.25, 0.3) is 0 Å². The van der Waals surface area contributed by atoms with Crippen LogP contribution in [0.3, 0.4) is 0 Å². The first kappa shape index (κ1) is 13.4. The van der Waals surface area contributed by atoms with E-state index >= 15 is 0 Å². The predicted octanol–water partition coefficient (Wildman–Crippen LogP) is 3.55. The van der Waals surface area contributed by atoms with Crippen molar-refractivity contribution in [1.29, 1.82) is 0 Å². The summed E-state index contributed by atoms with van der Waals surface area (Å²) in [6, 6.07) is 0. The van der Waals surface area contributed by atoms with Crippen molar-refractivity contribution in [3.05, 3.63) is 23.8 Å². The molecule has 0 heterocycles. The van der Waals surface area contributed by atoms with Gasteiger partial charge >= 0.3 is 0 Å². The van der Waals surface area contributed by atoms with Crippen LogP contribution in [0.1, 0.15) is 41.5 Å². The summed E-state index contributed by atoms with van der Waals surface area (Å²) in [6.07, 6.45) is 6.18. The summed E-state index contributed by atoms with van der Waals surface area (Å²) in [5.41, 5.74) is 1.49. The third-order valence-corrected chi connectivity index (χ3v) is 1.94. The van der Waals surface area contributed by atoms with E-state index in [-0.39, 0.29) is 17.4 Å². The lowest BCUT2D eigenvalue weighted by Gasteiger charge is -2.21. The van der Waals surface area contributed by atoms with Gasteiger partial charge in [-0.05, 0) is 16.4 Å². The molecule has 0 bridgehead atoms. The number of hydrogen-bond acceptors (Lipinski definition) is 1. The van der Waals surface area contributed by atoms with E-state index in [1.54, 1.807) is 0 Å². The van der Waals surface area contributed by atoms with E-state index in [1.165, 1.54) is 5.57 Å². The molecule has 0 atom stereocenters. The molecular formula is C13H24O. The van der Waals surface area contributed by atoms with Gasteiger partial charge < -0.3 is 5.11 Å². The van der Waals surface area contributed by atoms with Gasteiger partial charge in [-0.25, -0.2) is 0 Å². The lowest BCUT2D eigenvalue weighted by molar-refractivity contribution is 0.339. The first-order chi connectivity index (χ1) is 6.17. The molecule has 0 spiro atoms. The molecular weight excluding hydrogens is 172 g/mol. The highest BCUT2D eigenvalue weighted by molar-refractivity contribution is 5.25. The maximum Gasteiger partial charge on any atom is 0.0618 e. The zero-order valence-electron chi connectivity index (χ0n) is 10.4. The highest BCUT2D eigenvalue weighted by Crippen LogP contribution is 2.27. The second-order valence-corrected chi connectivity index (χ2v) is 5.79. The lowest BCUT2D eigenvalue weighted by Crippen LogP contribution is -2.09. The van der Waals surface area contributed by atoms with Crippen LogP contribution >= 0.6 is 0 Å². The molecule has 0 fully saturated rings. The van der Waals surface area contributed by atoms with E-state index in [0.29, 0.717) is 0 Å². The topological polar surface area (TPSA) is 20.2 Å². The lowest BCUT2D eigenvalue weighted by atomic mass is 9.84. The minimum atomic E-state index is 0.102. The Bertz CT molecular complexity index is 221. The molecule has 0 radical (unpaired) electrons. The summed E-state index contributed by atoms with van der Waals surface area (Å²) in [7, 11) is 0. The first-order valence-electron chi connectivity index (χ1n) is 5.17. The Labute approximate surface area is 88.5 Å². The van der Waals surface area contributed by atoms with Gasteiger partial charge in [0.2, 0.25) is 0 Å². The molecule has 0 rings (SSSR count). The normalized spacial score (nSPS) is 15.2. The average molecular weight is 196 g/mol. The number of aliphatic hydroxyl groups is 1. The van der Waals surface area contributed by atoms with Crippen molar-refractivity contribution in [2.75, 3.05) is 6.61 Å². The second-order valence-electron chi connectivity index (χ2n) is 5.79. The van der Waals surface area contributed by atoms with Gasteiger partial charge in [-0.1, -0.05) is 59.8 Å². The second kappa shape index (κ2) is 4.79. The van der Waals surface area contributed by atoms with Gasteiger partial charge in [0.15, 0.2) is 0 Å². The van der Waals surface area contributed by atoms with Crippen molar-refractivity contribution in [3.8, 4) is 0 Å². The number of rotatable bonds is 2. The maximum absolute atomic E-state index is 8.92. The highest BCUT2D eigenvalue weighted by Gasteiger charge is 2.15. The van der Waals surface area contributed by atoms with Gasteiger partial charge in [0.05, 0.1) is 6.61 Å². The molecule has 0 aromatic heterocycles. The average Bonchev–Trinajstić information content (AvgIpc) is 1.93. The van der Waals surface area contributed by atoms with Crippen molar-refractivity contribution in [3.63, 3.8) is 0 Å². The smallest absolute Gasteiger partial charge is 0.0618 e. The van der Waals surface area contributed by atoms with Crippen molar-refractivity contribution >= 4 is 0 Å². The SMILES string of the molecule is CC(C)(C)/C=C\C(=C/CO)C(C)(C)C. The van der Waals surface area contributed by atoms with E-state index in [4.69, 9.17) is 5.11 Å². The van der Waals surface area contributed by atoms with E-state index in [0.717, 1.165) is 0 Å². The molecule has 1 heteroatoms. The van der Waals surface area contributed by atoms with E-state index in [1.807, 2.05) is 6.08 Å². The largest absolute Gasteiger partial charge is 0.392 e. The number of hydrogen-bond donors (Lipinski definition) is 1. The van der Waals surface area contributed by atoms with E-state index in [2.05, 4.69) is 53.7 Å². The van der Waals surface area contributed by atoms with Gasteiger partial charge in [-0.2, -0.15) is 0 Å². The van der Waals surface area contributed by atoms with Crippen molar-refractivity contribution in [2.45, 2.75) is 41.5 Å². The van der Waals surface area contributed by atoms with Crippen molar-refractivity contribution < 1.29 is 5.11 Å². The summed E-state index contributed by atoms with van der Waals surface area (Å²) >= 11 is 0. The standard InChI is InChI=1S/C13H24O/c1-12(2,3)9-7-11(8-10-14)13(4,5)6/h7-9,14H,10H2,1-6H3/b9-7-,11-8+. The number of allylic oxidation sites excluding steroid dienone is 3. The molecule has 0 aliphatic rings. The monoisotopic (exact) mass is 196 g/mol. The van der Waals surface area contributed by atoms with Crippen LogP contribution in [0.2, 0.25) is 0 Å². The van der Waals surface area contributed by atoms with Crippen LogP contribution in [0, 0.1) is 10.8 Å². The molecule has 0 aromatic rings. The molecule has 0 saturated carbocycles. The van der Waals surface area contributed by atoms with Crippen LogP contribution in [0.4, 0.5) is 0 Å². The molecule has 0 unspecified atom stereocenters. The summed E-state index contributed by atoms with van der Waals surface area (Å²) in [5.74, 6) is 0. The Morgan fingerprint density at radius 2 is 1.57 bits per heavy atom. The Morgan fingerprint density at radius 1 is 1.07 bits per heavy atom. The van der Waals surface area contributed by atoms with Crippen LogP contribution in [-0.2, 0) is 0 Å². The molecule has 0 aromatic carbocycles. The maximum atomic E-state index is 8.92. The van der Waals surface area contributed by atoms with Crippen LogP contribution in [0.5, 0.6) is 0 Å². The first-order valence-corrected chi connectivity index (χ1v) is 5.17. The summed E-state index contributed by atoms with van der Waals surface area (Å²) in [5, 5.41) is 8.92.